The second-order valence-electron chi connectivity index (χ2n) is 6.07. The molecular weight excluding hydrogens is 396 g/mol. The normalized spacial score (nSPS) is 11.2. The maximum Gasteiger partial charge on any atom is 0.335 e. The number of carbonyl (C=O) groups is 1. The molecule has 0 fully saturated rings. The highest BCUT2D eigenvalue weighted by Crippen LogP contribution is 2.26. The Morgan fingerprint density at radius 3 is 2.54 bits per heavy atom. The Balaban J connectivity index is 1.72. The lowest BCUT2D eigenvalue weighted by atomic mass is 10.1. The van der Waals surface area contributed by atoms with Crippen LogP contribution in [0.2, 0.25) is 0 Å². The minimum absolute atomic E-state index is 0.0533. The van der Waals surface area contributed by atoms with Crippen LogP contribution in [-0.4, -0.2) is 24.5 Å². The number of nitrogens with zero attached hydrogens (tertiary/aromatic N) is 1. The minimum Gasteiger partial charge on any atom is -0.478 e. The summed E-state index contributed by atoms with van der Waals surface area (Å²) in [7, 11) is -3.90. The summed E-state index contributed by atoms with van der Waals surface area (Å²) in [6.07, 6.45) is 3.53. The van der Waals surface area contributed by atoms with Crippen molar-refractivity contribution in [3.63, 3.8) is 0 Å². The largest absolute Gasteiger partial charge is 0.478 e. The van der Waals surface area contributed by atoms with Crippen LogP contribution in [0.25, 0.3) is 0 Å². The molecule has 0 aliphatic rings. The van der Waals surface area contributed by atoms with Gasteiger partial charge < -0.3 is 5.11 Å². The molecule has 0 spiro atoms. The molecule has 3 rings (SSSR count). The summed E-state index contributed by atoms with van der Waals surface area (Å²) in [6, 6.07) is 14.9. The summed E-state index contributed by atoms with van der Waals surface area (Å²) in [5.41, 5.74) is 1.91. The van der Waals surface area contributed by atoms with E-state index in [2.05, 4.69) is 9.71 Å². The summed E-state index contributed by atoms with van der Waals surface area (Å²) in [5, 5.41) is 9.10. The number of thioether (sulfide) groups is 1. The van der Waals surface area contributed by atoms with Crippen molar-refractivity contribution >= 4 is 33.4 Å². The minimum atomic E-state index is -3.90. The van der Waals surface area contributed by atoms with Gasteiger partial charge in [-0.25, -0.2) is 13.2 Å². The van der Waals surface area contributed by atoms with E-state index < -0.39 is 16.0 Å². The number of pyridine rings is 1. The summed E-state index contributed by atoms with van der Waals surface area (Å²) < 4.78 is 27.9. The van der Waals surface area contributed by atoms with Crippen LogP contribution >= 0.6 is 11.8 Å². The van der Waals surface area contributed by atoms with Crippen LogP contribution in [-0.2, 0) is 15.8 Å². The number of sulfonamides is 1. The van der Waals surface area contributed by atoms with Gasteiger partial charge in [0.2, 0.25) is 0 Å². The quantitative estimate of drug-likeness (QED) is 0.563. The molecule has 8 heteroatoms. The van der Waals surface area contributed by atoms with E-state index in [0.717, 1.165) is 22.3 Å². The van der Waals surface area contributed by atoms with Crippen molar-refractivity contribution < 1.29 is 18.3 Å². The Morgan fingerprint density at radius 1 is 1.14 bits per heavy atom. The molecule has 6 nitrogen and oxygen atoms in total. The van der Waals surface area contributed by atoms with Gasteiger partial charge in [-0.15, -0.1) is 11.8 Å². The van der Waals surface area contributed by atoms with Crippen LogP contribution in [0.5, 0.6) is 0 Å². The predicted molar refractivity (Wildman–Crippen MR) is 109 cm³/mol. The Hall–Kier alpha value is -2.84. The maximum atomic E-state index is 12.7. The number of aryl methyl sites for hydroxylation is 1. The summed E-state index contributed by atoms with van der Waals surface area (Å²) >= 11 is 1.62. The average Bonchev–Trinajstić information content (AvgIpc) is 2.68. The van der Waals surface area contributed by atoms with E-state index in [1.807, 2.05) is 30.5 Å². The van der Waals surface area contributed by atoms with E-state index in [-0.39, 0.29) is 10.5 Å². The molecule has 0 saturated carbocycles. The van der Waals surface area contributed by atoms with Gasteiger partial charge in [-0.2, -0.15) is 0 Å². The zero-order valence-electron chi connectivity index (χ0n) is 15.0. The Kier molecular flexibility index (Phi) is 6.01. The van der Waals surface area contributed by atoms with Crippen LogP contribution < -0.4 is 4.72 Å². The number of hydrogen-bond acceptors (Lipinski definition) is 5. The second kappa shape index (κ2) is 8.45. The monoisotopic (exact) mass is 414 g/mol. The zero-order chi connectivity index (χ0) is 20.1. The van der Waals surface area contributed by atoms with Crippen molar-refractivity contribution in [2.24, 2.45) is 0 Å². The molecule has 0 unspecified atom stereocenters. The van der Waals surface area contributed by atoms with Gasteiger partial charge in [0.25, 0.3) is 10.0 Å². The molecule has 1 heterocycles. The van der Waals surface area contributed by atoms with E-state index in [1.165, 1.54) is 12.1 Å². The smallest absolute Gasteiger partial charge is 0.335 e. The van der Waals surface area contributed by atoms with Crippen LogP contribution in [0.4, 0.5) is 5.69 Å². The van der Waals surface area contributed by atoms with E-state index in [4.69, 9.17) is 5.11 Å². The molecule has 2 aromatic carbocycles. The van der Waals surface area contributed by atoms with Gasteiger partial charge in [-0.05, 0) is 60.5 Å². The molecular formula is C20H18N2O4S2. The molecule has 0 bridgehead atoms. The molecule has 144 valence electrons. The summed E-state index contributed by atoms with van der Waals surface area (Å²) in [5.74, 6) is -0.411. The Bertz CT molecular complexity index is 1080. The van der Waals surface area contributed by atoms with Crippen LogP contribution in [0.15, 0.2) is 76.8 Å². The van der Waals surface area contributed by atoms with Crippen LogP contribution in [0.1, 0.15) is 21.5 Å². The average molecular weight is 415 g/mol. The van der Waals surface area contributed by atoms with Crippen molar-refractivity contribution in [1.29, 1.82) is 0 Å². The second-order valence-corrected chi connectivity index (χ2v) is 8.76. The first kappa shape index (κ1) is 19.9. The van der Waals surface area contributed by atoms with Gasteiger partial charge in [0.15, 0.2) is 0 Å². The third kappa shape index (κ3) is 4.90. The van der Waals surface area contributed by atoms with Crippen molar-refractivity contribution in [2.45, 2.75) is 22.5 Å². The van der Waals surface area contributed by atoms with Gasteiger partial charge in [0, 0.05) is 28.7 Å². The molecule has 0 radical (unpaired) electrons. The lowest BCUT2D eigenvalue weighted by molar-refractivity contribution is 0.0696. The maximum absolute atomic E-state index is 12.7. The van der Waals surface area contributed by atoms with Gasteiger partial charge in [0.05, 0.1) is 10.5 Å². The molecule has 0 aliphatic carbocycles. The van der Waals surface area contributed by atoms with Gasteiger partial charge >= 0.3 is 5.97 Å². The first-order chi connectivity index (χ1) is 13.3. The molecule has 2 N–H and O–H groups in total. The van der Waals surface area contributed by atoms with Gasteiger partial charge in [-0.1, -0.05) is 12.1 Å². The number of carboxylic acid groups (broad SMARTS) is 1. The number of nitrogens with one attached hydrogen (secondary N) is 1. The number of benzene rings is 2. The fraction of sp³-hybridized carbons (Fsp3) is 0.100. The highest BCUT2D eigenvalue weighted by atomic mass is 32.2. The first-order valence-electron chi connectivity index (χ1n) is 8.34. The van der Waals surface area contributed by atoms with Crippen molar-refractivity contribution in [1.82, 2.24) is 4.98 Å². The highest BCUT2D eigenvalue weighted by molar-refractivity contribution is 7.98. The number of aromatic carboxylic acids is 1. The first-order valence-corrected chi connectivity index (χ1v) is 10.8. The van der Waals surface area contributed by atoms with Crippen molar-refractivity contribution in [3.8, 4) is 0 Å². The van der Waals surface area contributed by atoms with Gasteiger partial charge in [0.1, 0.15) is 0 Å². The van der Waals surface area contributed by atoms with Crippen LogP contribution in [0, 0.1) is 6.92 Å². The topological polar surface area (TPSA) is 96.4 Å². The SMILES string of the molecule is Cc1ccc(C(=O)O)cc1S(=O)(=O)Nc1ccc(SCc2cccnc2)cc1. The fourth-order valence-electron chi connectivity index (χ4n) is 2.50. The number of carboxylic acids is 1. The third-order valence-corrected chi connectivity index (χ3v) is 6.57. The standard InChI is InChI=1S/C20H18N2O4S2/c1-14-4-5-16(20(23)24)11-19(14)28(25,26)22-17-6-8-18(9-7-17)27-13-15-3-2-10-21-12-15/h2-12,22H,13H2,1H3,(H,23,24). The van der Waals surface area contributed by atoms with E-state index in [0.29, 0.717) is 11.3 Å². The van der Waals surface area contributed by atoms with E-state index in [9.17, 15) is 13.2 Å². The number of rotatable bonds is 7. The molecule has 0 amide bonds. The third-order valence-electron chi connectivity index (χ3n) is 3.96. The number of hydrogen-bond donors (Lipinski definition) is 2. The summed E-state index contributed by atoms with van der Waals surface area (Å²) in [6.45, 7) is 1.62. The van der Waals surface area contributed by atoms with E-state index in [1.54, 1.807) is 37.0 Å². The van der Waals surface area contributed by atoms with Crippen LogP contribution in [0.3, 0.4) is 0 Å². The lowest BCUT2D eigenvalue weighted by Gasteiger charge is -2.11. The molecule has 3 aromatic rings. The highest BCUT2D eigenvalue weighted by Gasteiger charge is 2.19. The van der Waals surface area contributed by atoms with Crippen molar-refractivity contribution in [3.05, 3.63) is 83.7 Å². The zero-order valence-corrected chi connectivity index (χ0v) is 16.6. The molecule has 0 aliphatic heterocycles. The fourth-order valence-corrected chi connectivity index (χ4v) is 4.67. The predicted octanol–water partition coefficient (Wildman–Crippen LogP) is 4.18. The molecule has 0 atom stereocenters. The van der Waals surface area contributed by atoms with Gasteiger partial charge in [-0.3, -0.25) is 9.71 Å². The Labute approximate surface area is 167 Å². The van der Waals surface area contributed by atoms with Crippen molar-refractivity contribution in [2.75, 3.05) is 4.72 Å². The Morgan fingerprint density at radius 2 is 1.89 bits per heavy atom. The number of aromatic nitrogens is 1. The lowest BCUT2D eigenvalue weighted by Crippen LogP contribution is -2.15. The summed E-state index contributed by atoms with van der Waals surface area (Å²) in [4.78, 5) is 16.2. The molecule has 28 heavy (non-hydrogen) atoms. The van der Waals surface area contributed by atoms with E-state index >= 15 is 0 Å². The molecule has 1 aromatic heterocycles. The number of anilines is 1. The molecule has 0 saturated heterocycles.